The van der Waals surface area contributed by atoms with E-state index in [1.54, 1.807) is 42.5 Å². The van der Waals surface area contributed by atoms with Crippen molar-refractivity contribution in [1.82, 2.24) is 10.2 Å². The second-order valence-corrected chi connectivity index (χ2v) is 12.0. The number of ether oxygens (including phenoxy) is 6. The van der Waals surface area contributed by atoms with Gasteiger partial charge in [0.2, 0.25) is 16.9 Å². The van der Waals surface area contributed by atoms with Crippen molar-refractivity contribution >= 4 is 32.8 Å². The number of rotatable bonds is 15. The lowest BCUT2D eigenvalue weighted by atomic mass is 10.1. The minimum atomic E-state index is -4.13. The quantitative estimate of drug-likeness (QED) is 0.0798. The zero-order valence-corrected chi connectivity index (χ0v) is 27.6. The molecular formula is C31H30N2O12S2. The maximum atomic E-state index is 13.9. The van der Waals surface area contributed by atoms with E-state index in [9.17, 15) is 13.2 Å². The predicted molar refractivity (Wildman–Crippen MR) is 170 cm³/mol. The number of methoxy groups -OCH3 is 5. The Morgan fingerprint density at radius 2 is 1.49 bits per heavy atom. The molecule has 0 saturated heterocycles. The van der Waals surface area contributed by atoms with Crippen LogP contribution in [0.2, 0.25) is 0 Å². The molecule has 0 bridgehead atoms. The van der Waals surface area contributed by atoms with Crippen molar-refractivity contribution in [2.24, 2.45) is 0 Å². The van der Waals surface area contributed by atoms with Crippen molar-refractivity contribution in [3.8, 4) is 51.9 Å². The molecule has 2 aromatic heterocycles. The fourth-order valence-corrected chi connectivity index (χ4v) is 5.97. The van der Waals surface area contributed by atoms with Gasteiger partial charge in [-0.05, 0) is 30.7 Å². The molecule has 47 heavy (non-hydrogen) atoms. The highest BCUT2D eigenvalue weighted by molar-refractivity contribution is 7.99. The summed E-state index contributed by atoms with van der Waals surface area (Å²) in [6.07, 6.45) is -0.0979. The van der Waals surface area contributed by atoms with Gasteiger partial charge in [-0.2, -0.15) is 8.42 Å². The van der Waals surface area contributed by atoms with Crippen molar-refractivity contribution in [1.29, 1.82) is 0 Å². The zero-order valence-electron chi connectivity index (χ0n) is 25.9. The lowest BCUT2D eigenvalue weighted by Crippen LogP contribution is -2.12. The molecule has 5 rings (SSSR count). The molecule has 0 saturated carbocycles. The third-order valence-corrected chi connectivity index (χ3v) is 8.75. The average Bonchev–Trinajstić information content (AvgIpc) is 3.53. The van der Waals surface area contributed by atoms with Crippen molar-refractivity contribution in [3.63, 3.8) is 0 Å². The summed E-state index contributed by atoms with van der Waals surface area (Å²) in [4.78, 5) is 13.9. The molecule has 2 heterocycles. The summed E-state index contributed by atoms with van der Waals surface area (Å²) in [5.74, 6) is 2.16. The highest BCUT2D eigenvalue weighted by Crippen LogP contribution is 2.44. The minimum absolute atomic E-state index is 0.0506. The van der Waals surface area contributed by atoms with E-state index < -0.39 is 21.6 Å². The van der Waals surface area contributed by atoms with Crippen LogP contribution in [0.25, 0.3) is 22.3 Å². The van der Waals surface area contributed by atoms with Gasteiger partial charge >= 0.3 is 16.2 Å². The molecule has 0 radical (unpaired) electrons. The largest absolute Gasteiger partial charge is 0.496 e. The van der Waals surface area contributed by atoms with Gasteiger partial charge in [-0.25, -0.2) is 0 Å². The van der Waals surface area contributed by atoms with Gasteiger partial charge in [0.1, 0.15) is 27.4 Å². The van der Waals surface area contributed by atoms with Crippen LogP contribution in [0, 0.1) is 0 Å². The molecule has 16 heteroatoms. The van der Waals surface area contributed by atoms with Gasteiger partial charge in [0.15, 0.2) is 17.3 Å². The van der Waals surface area contributed by atoms with Crippen LogP contribution in [0.5, 0.6) is 40.6 Å². The average molecular weight is 687 g/mol. The van der Waals surface area contributed by atoms with Crippen LogP contribution in [0.1, 0.15) is 6.42 Å². The van der Waals surface area contributed by atoms with Gasteiger partial charge < -0.3 is 41.4 Å². The van der Waals surface area contributed by atoms with E-state index in [-0.39, 0.29) is 45.0 Å². The summed E-state index contributed by atoms with van der Waals surface area (Å²) in [7, 11) is 3.22. The zero-order chi connectivity index (χ0) is 33.6. The van der Waals surface area contributed by atoms with Crippen molar-refractivity contribution in [2.75, 3.05) is 47.9 Å². The van der Waals surface area contributed by atoms with Gasteiger partial charge in [0, 0.05) is 23.4 Å². The summed E-state index contributed by atoms with van der Waals surface area (Å²) < 4.78 is 74.8. The number of aromatic nitrogens is 2. The second-order valence-electron chi connectivity index (χ2n) is 9.44. The molecule has 0 aliphatic rings. The number of fused-ring (bicyclic) bond motifs is 1. The van der Waals surface area contributed by atoms with Crippen LogP contribution in [-0.2, 0) is 10.1 Å². The minimum Gasteiger partial charge on any atom is -0.496 e. The molecule has 0 unspecified atom stereocenters. The Bertz CT molecular complexity index is 2000. The number of hydrogen-bond acceptors (Lipinski definition) is 15. The summed E-state index contributed by atoms with van der Waals surface area (Å²) >= 11 is 1.15. The molecule has 0 aliphatic carbocycles. The van der Waals surface area contributed by atoms with E-state index in [2.05, 4.69) is 10.2 Å². The molecule has 0 fully saturated rings. The van der Waals surface area contributed by atoms with Crippen molar-refractivity contribution < 1.29 is 49.9 Å². The van der Waals surface area contributed by atoms with Gasteiger partial charge in [0.25, 0.3) is 5.22 Å². The van der Waals surface area contributed by atoms with E-state index >= 15 is 0 Å². The number of nitrogens with zero attached hydrogens (tertiary/aromatic N) is 2. The van der Waals surface area contributed by atoms with Crippen LogP contribution in [0.3, 0.4) is 0 Å². The smallest absolute Gasteiger partial charge is 0.431 e. The maximum Gasteiger partial charge on any atom is 0.431 e. The third kappa shape index (κ3) is 7.18. The highest BCUT2D eigenvalue weighted by Gasteiger charge is 2.25. The monoisotopic (exact) mass is 686 g/mol. The Balaban J connectivity index is 1.38. The molecule has 14 nitrogen and oxygen atoms in total. The highest BCUT2D eigenvalue weighted by atomic mass is 32.2. The van der Waals surface area contributed by atoms with Gasteiger partial charge in [-0.15, -0.1) is 0 Å². The van der Waals surface area contributed by atoms with E-state index in [0.29, 0.717) is 40.7 Å². The standard InChI is InChI=1S/C31H30N2O12S2/c1-37-19-16-21(38-2)25-22(17-19)43-27(18-14-23(39-3)28(41-5)24(15-18)40-4)29(26(25)34)42-12-9-13-46-31-33-32-30(44-31)45-47(35,36)20-10-7-6-8-11-20/h6-8,10-11,14-17H,9,12-13H2,1-5H3. The Labute approximate surface area is 273 Å². The first-order valence-electron chi connectivity index (χ1n) is 13.8. The maximum absolute atomic E-state index is 13.9. The fourth-order valence-electron chi connectivity index (χ4n) is 4.47. The normalized spacial score (nSPS) is 11.3. The van der Waals surface area contributed by atoms with E-state index in [1.807, 2.05) is 0 Å². The molecule has 3 aromatic carbocycles. The van der Waals surface area contributed by atoms with E-state index in [1.165, 1.54) is 47.7 Å². The summed E-state index contributed by atoms with van der Waals surface area (Å²) in [6, 6.07) is 14.0. The first-order chi connectivity index (χ1) is 22.7. The third-order valence-electron chi connectivity index (χ3n) is 6.63. The van der Waals surface area contributed by atoms with Crippen LogP contribution < -0.4 is 38.0 Å². The van der Waals surface area contributed by atoms with Crippen molar-refractivity contribution in [2.45, 2.75) is 16.5 Å². The van der Waals surface area contributed by atoms with Gasteiger partial charge in [-0.1, -0.05) is 40.2 Å². The van der Waals surface area contributed by atoms with Crippen LogP contribution in [0.15, 0.2) is 78.3 Å². The Kier molecular flexibility index (Phi) is 10.3. The predicted octanol–water partition coefficient (Wildman–Crippen LogP) is 5.21. The molecule has 0 atom stereocenters. The van der Waals surface area contributed by atoms with Gasteiger partial charge in [0.05, 0.1) is 42.2 Å². The summed E-state index contributed by atoms with van der Waals surface area (Å²) in [6.45, 7) is 0.0824. The fraction of sp³-hybridized carbons (Fsp3) is 0.258. The van der Waals surface area contributed by atoms with Crippen LogP contribution in [0.4, 0.5) is 0 Å². The second kappa shape index (κ2) is 14.6. The Morgan fingerprint density at radius 3 is 2.13 bits per heavy atom. The Morgan fingerprint density at radius 1 is 0.787 bits per heavy atom. The first kappa shape index (κ1) is 33.3. The van der Waals surface area contributed by atoms with Crippen molar-refractivity contribution in [3.05, 3.63) is 64.8 Å². The van der Waals surface area contributed by atoms with Crippen LogP contribution in [-0.4, -0.2) is 66.5 Å². The van der Waals surface area contributed by atoms with Gasteiger partial charge in [-0.3, -0.25) is 4.79 Å². The number of thioether (sulfide) groups is 1. The SMILES string of the molecule is COc1cc(OC)c2c(=O)c(OCCCSc3nnc(OS(=O)(=O)c4ccccc4)o3)c(-c3cc(OC)c(OC)c(OC)c3)oc2c1. The molecule has 0 amide bonds. The van der Waals surface area contributed by atoms with E-state index in [4.69, 9.17) is 41.4 Å². The van der Waals surface area contributed by atoms with Crippen LogP contribution >= 0.6 is 11.8 Å². The molecule has 0 N–H and O–H groups in total. The molecular weight excluding hydrogens is 656 g/mol. The Hall–Kier alpha value is -5.09. The first-order valence-corrected chi connectivity index (χ1v) is 16.2. The molecule has 248 valence electrons. The molecule has 0 spiro atoms. The molecule has 5 aromatic rings. The number of benzene rings is 3. The lowest BCUT2D eigenvalue weighted by Gasteiger charge is -2.16. The summed E-state index contributed by atoms with van der Waals surface area (Å²) in [5, 5.41) is 7.73. The number of hydrogen-bond donors (Lipinski definition) is 0. The summed E-state index contributed by atoms with van der Waals surface area (Å²) in [5.41, 5.74) is 0.163. The lowest BCUT2D eigenvalue weighted by molar-refractivity contribution is 0.308. The van der Waals surface area contributed by atoms with E-state index in [0.717, 1.165) is 11.8 Å². The molecule has 0 aliphatic heterocycles. The topological polar surface area (TPSA) is 168 Å².